The highest BCUT2D eigenvalue weighted by molar-refractivity contribution is 7.92. The second-order valence-electron chi connectivity index (χ2n) is 6.87. The number of hydrogen-bond acceptors (Lipinski definition) is 4. The lowest BCUT2D eigenvalue weighted by atomic mass is 10.1. The first-order valence-electron chi connectivity index (χ1n) is 9.30. The molecule has 0 aliphatic rings. The summed E-state index contributed by atoms with van der Waals surface area (Å²) in [5, 5.41) is 3.23. The van der Waals surface area contributed by atoms with E-state index in [1.165, 1.54) is 0 Å². The number of para-hydroxylation sites is 1. The van der Waals surface area contributed by atoms with Crippen molar-refractivity contribution in [1.82, 2.24) is 5.32 Å². The number of sulfonamides is 1. The van der Waals surface area contributed by atoms with E-state index in [1.54, 1.807) is 39.2 Å². The van der Waals surface area contributed by atoms with E-state index >= 15 is 0 Å². The van der Waals surface area contributed by atoms with Crippen molar-refractivity contribution in [1.29, 1.82) is 0 Å². The molecule has 0 aliphatic heterocycles. The third-order valence-corrected chi connectivity index (χ3v) is 6.07. The minimum absolute atomic E-state index is 0.366. The van der Waals surface area contributed by atoms with Crippen LogP contribution in [0.15, 0.2) is 42.5 Å². The molecule has 0 fully saturated rings. The maximum Gasteiger partial charge on any atom is 0.243 e. The Bertz CT molecular complexity index is 963. The molecule has 0 saturated carbocycles. The van der Waals surface area contributed by atoms with Crippen LogP contribution in [-0.4, -0.2) is 40.3 Å². The molecule has 0 bridgehead atoms. The average Bonchev–Trinajstić information content (AvgIpc) is 2.67. The molecule has 0 aromatic heterocycles. The number of carbonyl (C=O) groups excluding carboxylic acids is 1. The largest absolute Gasteiger partial charge is 0.496 e. The van der Waals surface area contributed by atoms with Crippen LogP contribution in [0, 0.1) is 6.92 Å². The van der Waals surface area contributed by atoms with Crippen molar-refractivity contribution in [2.24, 2.45) is 0 Å². The molecular weight excluding hydrogens is 412 g/mol. The molecule has 6 nitrogen and oxygen atoms in total. The summed E-state index contributed by atoms with van der Waals surface area (Å²) in [6.45, 7) is 3.77. The van der Waals surface area contributed by atoms with Crippen molar-refractivity contribution in [3.63, 3.8) is 0 Å². The van der Waals surface area contributed by atoms with Crippen molar-refractivity contribution in [2.45, 2.75) is 32.7 Å². The van der Waals surface area contributed by atoms with Crippen molar-refractivity contribution < 1.29 is 17.9 Å². The summed E-state index contributed by atoms with van der Waals surface area (Å²) in [4.78, 5) is 12.7. The fourth-order valence-corrected chi connectivity index (χ4v) is 4.54. The van der Waals surface area contributed by atoms with Crippen molar-refractivity contribution >= 4 is 33.2 Å². The number of amides is 1. The molecule has 0 heterocycles. The number of aryl methyl sites for hydroxylation is 2. The number of carbonyl (C=O) groups is 1. The Labute approximate surface area is 177 Å². The molecule has 2 rings (SSSR count). The monoisotopic (exact) mass is 438 g/mol. The molecular formula is C21H27ClN2O4S. The molecule has 1 amide bonds. The van der Waals surface area contributed by atoms with Crippen LogP contribution in [0.2, 0.25) is 5.02 Å². The molecule has 1 unspecified atom stereocenters. The molecule has 0 spiro atoms. The molecule has 2 aromatic rings. The van der Waals surface area contributed by atoms with Crippen LogP contribution < -0.4 is 14.4 Å². The number of benzene rings is 2. The average molecular weight is 439 g/mol. The molecule has 1 atom stereocenters. The standard InChI is InChI=1S/C21H27ClN2O4S/c1-15-11-12-18(22)14-19(15)24(29(4,26)27)16(2)21(25)23-13-7-9-17-8-5-6-10-20(17)28-3/h5-6,8,10-12,14,16H,7,9,13H2,1-4H3,(H,23,25). The third-order valence-electron chi connectivity index (χ3n) is 4.61. The highest BCUT2D eigenvalue weighted by Crippen LogP contribution is 2.28. The summed E-state index contributed by atoms with van der Waals surface area (Å²) in [6.07, 6.45) is 2.52. The number of halogens is 1. The van der Waals surface area contributed by atoms with Crippen LogP contribution >= 0.6 is 11.6 Å². The summed E-state index contributed by atoms with van der Waals surface area (Å²) < 4.78 is 31.3. The van der Waals surface area contributed by atoms with Crippen LogP contribution in [0.5, 0.6) is 5.75 Å². The number of rotatable bonds is 9. The molecule has 0 saturated heterocycles. The first kappa shape index (κ1) is 23.0. The number of anilines is 1. The van der Waals surface area contributed by atoms with Gasteiger partial charge in [-0.2, -0.15) is 0 Å². The van der Waals surface area contributed by atoms with Gasteiger partial charge in [-0.25, -0.2) is 8.42 Å². The summed E-state index contributed by atoms with van der Waals surface area (Å²) >= 11 is 6.05. The van der Waals surface area contributed by atoms with Crippen LogP contribution in [0.1, 0.15) is 24.5 Å². The number of ether oxygens (including phenoxy) is 1. The van der Waals surface area contributed by atoms with Gasteiger partial charge >= 0.3 is 0 Å². The molecule has 158 valence electrons. The first-order chi connectivity index (χ1) is 13.6. The van der Waals surface area contributed by atoms with Crippen molar-refractivity contribution in [2.75, 3.05) is 24.2 Å². The van der Waals surface area contributed by atoms with Gasteiger partial charge < -0.3 is 10.1 Å². The summed E-state index contributed by atoms with van der Waals surface area (Å²) in [7, 11) is -2.06. The zero-order valence-electron chi connectivity index (χ0n) is 17.1. The van der Waals surface area contributed by atoms with Gasteiger partial charge in [0.25, 0.3) is 0 Å². The van der Waals surface area contributed by atoms with Crippen LogP contribution in [0.3, 0.4) is 0 Å². The predicted octanol–water partition coefficient (Wildman–Crippen LogP) is 3.56. The Morgan fingerprint density at radius 2 is 1.93 bits per heavy atom. The van der Waals surface area contributed by atoms with Gasteiger partial charge in [-0.05, 0) is 56.0 Å². The van der Waals surface area contributed by atoms with E-state index < -0.39 is 16.1 Å². The summed E-state index contributed by atoms with van der Waals surface area (Å²) in [6, 6.07) is 11.8. The predicted molar refractivity (Wildman–Crippen MR) is 117 cm³/mol. The van der Waals surface area contributed by atoms with Crippen molar-refractivity contribution in [3.8, 4) is 5.75 Å². The van der Waals surface area contributed by atoms with Gasteiger partial charge in [-0.1, -0.05) is 35.9 Å². The molecule has 8 heteroatoms. The van der Waals surface area contributed by atoms with Gasteiger partial charge in [0.15, 0.2) is 0 Å². The Kier molecular flexibility index (Phi) is 7.93. The summed E-state index contributed by atoms with van der Waals surface area (Å²) in [5.74, 6) is 0.446. The lowest BCUT2D eigenvalue weighted by molar-refractivity contribution is -0.121. The SMILES string of the molecule is COc1ccccc1CCCNC(=O)C(C)N(c1cc(Cl)ccc1C)S(C)(=O)=O. The molecule has 0 radical (unpaired) electrons. The summed E-state index contributed by atoms with van der Waals surface area (Å²) in [5.41, 5.74) is 2.18. The van der Waals surface area contributed by atoms with E-state index in [2.05, 4.69) is 5.32 Å². The van der Waals surface area contributed by atoms with Gasteiger partial charge in [0.1, 0.15) is 11.8 Å². The maximum atomic E-state index is 12.7. The lowest BCUT2D eigenvalue weighted by Crippen LogP contribution is -2.48. The Morgan fingerprint density at radius 3 is 2.59 bits per heavy atom. The minimum Gasteiger partial charge on any atom is -0.496 e. The fourth-order valence-electron chi connectivity index (χ4n) is 3.15. The van der Waals surface area contributed by atoms with E-state index in [4.69, 9.17) is 16.3 Å². The van der Waals surface area contributed by atoms with E-state index in [9.17, 15) is 13.2 Å². The minimum atomic E-state index is -3.69. The van der Waals surface area contributed by atoms with E-state index in [0.29, 0.717) is 23.7 Å². The maximum absolute atomic E-state index is 12.7. The van der Waals surface area contributed by atoms with E-state index in [0.717, 1.165) is 33.9 Å². The lowest BCUT2D eigenvalue weighted by Gasteiger charge is -2.29. The van der Waals surface area contributed by atoms with Gasteiger partial charge in [-0.15, -0.1) is 0 Å². The van der Waals surface area contributed by atoms with Crippen LogP contribution in [0.25, 0.3) is 0 Å². The molecule has 1 N–H and O–H groups in total. The Balaban J connectivity index is 2.05. The molecule has 0 aliphatic carbocycles. The highest BCUT2D eigenvalue weighted by Gasteiger charge is 2.30. The zero-order valence-corrected chi connectivity index (χ0v) is 18.7. The second-order valence-corrected chi connectivity index (χ2v) is 9.17. The third kappa shape index (κ3) is 6.11. The number of nitrogens with zero attached hydrogens (tertiary/aromatic N) is 1. The van der Waals surface area contributed by atoms with E-state index in [-0.39, 0.29) is 5.91 Å². The Morgan fingerprint density at radius 1 is 1.24 bits per heavy atom. The highest BCUT2D eigenvalue weighted by atomic mass is 35.5. The zero-order chi connectivity index (χ0) is 21.6. The number of methoxy groups -OCH3 is 1. The molecule has 29 heavy (non-hydrogen) atoms. The van der Waals surface area contributed by atoms with Crippen LogP contribution in [0.4, 0.5) is 5.69 Å². The Hall–Kier alpha value is -2.25. The van der Waals surface area contributed by atoms with Gasteiger partial charge in [0.05, 0.1) is 19.1 Å². The number of hydrogen-bond donors (Lipinski definition) is 1. The first-order valence-corrected chi connectivity index (χ1v) is 11.5. The number of nitrogens with one attached hydrogen (secondary N) is 1. The quantitative estimate of drug-likeness (QED) is 0.607. The van der Waals surface area contributed by atoms with Gasteiger partial charge in [0.2, 0.25) is 15.9 Å². The van der Waals surface area contributed by atoms with Crippen LogP contribution in [-0.2, 0) is 21.2 Å². The van der Waals surface area contributed by atoms with E-state index in [1.807, 2.05) is 24.3 Å². The van der Waals surface area contributed by atoms with Gasteiger partial charge in [-0.3, -0.25) is 9.10 Å². The smallest absolute Gasteiger partial charge is 0.243 e. The normalized spacial score (nSPS) is 12.3. The van der Waals surface area contributed by atoms with Crippen molar-refractivity contribution in [3.05, 3.63) is 58.6 Å². The molecule has 2 aromatic carbocycles. The fraction of sp³-hybridized carbons (Fsp3) is 0.381. The topological polar surface area (TPSA) is 75.7 Å². The second kappa shape index (κ2) is 9.98. The van der Waals surface area contributed by atoms with Gasteiger partial charge in [0, 0.05) is 11.6 Å².